The van der Waals surface area contributed by atoms with Crippen LogP contribution in [0.3, 0.4) is 0 Å². The number of anilines is 2. The summed E-state index contributed by atoms with van der Waals surface area (Å²) in [5, 5.41) is 2.59. The average molecular weight is 315 g/mol. The van der Waals surface area contributed by atoms with Gasteiger partial charge in [0.15, 0.2) is 0 Å². The minimum Gasteiger partial charge on any atom is -0.367 e. The standard InChI is InChI=1S/C15H20F3N3O/c1-3-14(22)19-12-10-11(15(16,17)18)4-5-13(12)21-8-6-20(2)7-9-21/h4-5,10H,3,6-9H2,1-2H3,(H,19,22). The number of rotatable bonds is 3. The van der Waals surface area contributed by atoms with Crippen LogP contribution in [0.5, 0.6) is 0 Å². The minimum atomic E-state index is -4.42. The maximum atomic E-state index is 12.9. The second-order valence-electron chi connectivity index (χ2n) is 5.42. The van der Waals surface area contributed by atoms with E-state index in [1.807, 2.05) is 11.9 Å². The molecule has 0 bridgehead atoms. The van der Waals surface area contributed by atoms with E-state index in [2.05, 4.69) is 10.2 Å². The van der Waals surface area contributed by atoms with Crippen molar-refractivity contribution in [1.29, 1.82) is 0 Å². The Labute approximate surface area is 127 Å². The first-order valence-electron chi connectivity index (χ1n) is 7.26. The first kappa shape index (κ1) is 16.6. The number of nitrogens with zero attached hydrogens (tertiary/aromatic N) is 2. The molecule has 0 saturated carbocycles. The van der Waals surface area contributed by atoms with Gasteiger partial charge in [-0.1, -0.05) is 6.92 Å². The van der Waals surface area contributed by atoms with Crippen LogP contribution < -0.4 is 10.2 Å². The molecule has 1 aromatic rings. The monoisotopic (exact) mass is 315 g/mol. The third kappa shape index (κ3) is 3.91. The van der Waals surface area contributed by atoms with Gasteiger partial charge in [0.05, 0.1) is 16.9 Å². The molecule has 0 spiro atoms. The van der Waals surface area contributed by atoms with Crippen molar-refractivity contribution in [3.8, 4) is 0 Å². The predicted molar refractivity (Wildman–Crippen MR) is 80.1 cm³/mol. The zero-order valence-electron chi connectivity index (χ0n) is 12.7. The summed E-state index contributed by atoms with van der Waals surface area (Å²) in [5.41, 5.74) is 0.117. The minimum absolute atomic E-state index is 0.221. The van der Waals surface area contributed by atoms with Crippen LogP contribution in [0.4, 0.5) is 24.5 Å². The molecule has 0 aliphatic carbocycles. The molecular weight excluding hydrogens is 295 g/mol. The van der Waals surface area contributed by atoms with E-state index in [4.69, 9.17) is 0 Å². The third-order valence-corrected chi connectivity index (χ3v) is 3.76. The van der Waals surface area contributed by atoms with Crippen molar-refractivity contribution in [3.63, 3.8) is 0 Å². The van der Waals surface area contributed by atoms with Gasteiger partial charge in [0, 0.05) is 32.6 Å². The number of carbonyl (C=O) groups excluding carboxylic acids is 1. The van der Waals surface area contributed by atoms with Gasteiger partial charge in [0.1, 0.15) is 0 Å². The zero-order valence-corrected chi connectivity index (χ0v) is 12.7. The number of likely N-dealkylation sites (N-methyl/N-ethyl adjacent to an activating group) is 1. The van der Waals surface area contributed by atoms with Gasteiger partial charge in [-0.05, 0) is 25.2 Å². The van der Waals surface area contributed by atoms with E-state index < -0.39 is 11.7 Å². The Balaban J connectivity index is 2.33. The predicted octanol–water partition coefficient (Wildman–Crippen LogP) is 2.81. The molecule has 7 heteroatoms. The molecule has 1 amide bonds. The van der Waals surface area contributed by atoms with E-state index >= 15 is 0 Å². The highest BCUT2D eigenvalue weighted by atomic mass is 19.4. The molecule has 1 fully saturated rings. The highest BCUT2D eigenvalue weighted by molar-refractivity contribution is 5.94. The summed E-state index contributed by atoms with van der Waals surface area (Å²) < 4.78 is 38.6. The largest absolute Gasteiger partial charge is 0.416 e. The second-order valence-corrected chi connectivity index (χ2v) is 5.42. The number of benzene rings is 1. The van der Waals surface area contributed by atoms with Crippen molar-refractivity contribution in [3.05, 3.63) is 23.8 Å². The van der Waals surface area contributed by atoms with Crippen molar-refractivity contribution in [2.24, 2.45) is 0 Å². The first-order chi connectivity index (χ1) is 10.3. The van der Waals surface area contributed by atoms with Gasteiger partial charge in [0.2, 0.25) is 5.91 Å². The number of alkyl halides is 3. The van der Waals surface area contributed by atoms with Crippen LogP contribution in [0.1, 0.15) is 18.9 Å². The lowest BCUT2D eigenvalue weighted by atomic mass is 10.1. The summed E-state index contributed by atoms with van der Waals surface area (Å²) in [4.78, 5) is 15.8. The molecule has 1 heterocycles. The Morgan fingerprint density at radius 2 is 1.86 bits per heavy atom. The molecule has 0 aromatic heterocycles. The number of piperazine rings is 1. The molecule has 0 atom stereocenters. The summed E-state index contributed by atoms with van der Waals surface area (Å²) in [6, 6.07) is 3.52. The normalized spacial score (nSPS) is 16.7. The van der Waals surface area contributed by atoms with Gasteiger partial charge in [-0.3, -0.25) is 4.79 Å². The number of halogens is 3. The van der Waals surface area contributed by atoms with E-state index in [1.54, 1.807) is 6.92 Å². The van der Waals surface area contributed by atoms with Gasteiger partial charge in [-0.2, -0.15) is 13.2 Å². The Morgan fingerprint density at radius 3 is 2.41 bits per heavy atom. The lowest BCUT2D eigenvalue weighted by Crippen LogP contribution is -2.44. The fourth-order valence-corrected chi connectivity index (χ4v) is 2.37. The van der Waals surface area contributed by atoms with Crippen molar-refractivity contribution in [2.75, 3.05) is 43.4 Å². The van der Waals surface area contributed by atoms with Gasteiger partial charge >= 0.3 is 6.18 Å². The molecule has 4 nitrogen and oxygen atoms in total. The first-order valence-corrected chi connectivity index (χ1v) is 7.26. The van der Waals surface area contributed by atoms with E-state index in [-0.39, 0.29) is 18.0 Å². The van der Waals surface area contributed by atoms with Crippen LogP contribution in [-0.2, 0) is 11.0 Å². The maximum absolute atomic E-state index is 12.9. The summed E-state index contributed by atoms with van der Waals surface area (Å²) in [5.74, 6) is -0.297. The number of amides is 1. The Bertz CT molecular complexity index is 537. The molecular formula is C15H20F3N3O. The third-order valence-electron chi connectivity index (χ3n) is 3.76. The Hall–Kier alpha value is -1.76. The quantitative estimate of drug-likeness (QED) is 0.932. The number of carbonyl (C=O) groups is 1. The lowest BCUT2D eigenvalue weighted by Gasteiger charge is -2.35. The van der Waals surface area contributed by atoms with Gasteiger partial charge < -0.3 is 15.1 Å². The SMILES string of the molecule is CCC(=O)Nc1cc(C(F)(F)F)ccc1N1CCN(C)CC1. The molecule has 1 saturated heterocycles. The van der Waals surface area contributed by atoms with Crippen molar-refractivity contribution in [1.82, 2.24) is 4.90 Å². The summed E-state index contributed by atoms with van der Waals surface area (Å²) in [7, 11) is 2.00. The fraction of sp³-hybridized carbons (Fsp3) is 0.533. The fourth-order valence-electron chi connectivity index (χ4n) is 2.37. The summed E-state index contributed by atoms with van der Waals surface area (Å²) in [6.07, 6.45) is -4.20. The highest BCUT2D eigenvalue weighted by Gasteiger charge is 2.31. The van der Waals surface area contributed by atoms with Gasteiger partial charge in [-0.25, -0.2) is 0 Å². The van der Waals surface area contributed by atoms with E-state index in [9.17, 15) is 18.0 Å². The highest BCUT2D eigenvalue weighted by Crippen LogP contribution is 2.35. The van der Waals surface area contributed by atoms with Crippen LogP contribution in [0.15, 0.2) is 18.2 Å². The molecule has 22 heavy (non-hydrogen) atoms. The Kier molecular flexibility index (Phi) is 4.95. The number of hydrogen-bond donors (Lipinski definition) is 1. The van der Waals surface area contributed by atoms with Crippen molar-refractivity contribution >= 4 is 17.3 Å². The molecule has 1 aromatic carbocycles. The van der Waals surface area contributed by atoms with Crippen LogP contribution in [0.2, 0.25) is 0 Å². The number of nitrogens with one attached hydrogen (secondary N) is 1. The topological polar surface area (TPSA) is 35.6 Å². The van der Waals surface area contributed by atoms with Crippen LogP contribution in [-0.4, -0.2) is 44.0 Å². The van der Waals surface area contributed by atoms with Crippen molar-refractivity contribution in [2.45, 2.75) is 19.5 Å². The molecule has 1 aliphatic rings. The molecule has 0 radical (unpaired) electrons. The van der Waals surface area contributed by atoms with E-state index in [0.29, 0.717) is 5.69 Å². The average Bonchev–Trinajstić information content (AvgIpc) is 2.47. The molecule has 2 rings (SSSR count). The zero-order chi connectivity index (χ0) is 16.3. The number of hydrogen-bond acceptors (Lipinski definition) is 3. The van der Waals surface area contributed by atoms with Crippen molar-refractivity contribution < 1.29 is 18.0 Å². The molecule has 0 unspecified atom stereocenters. The summed E-state index contributed by atoms with van der Waals surface area (Å²) in [6.45, 7) is 4.77. The van der Waals surface area contributed by atoms with Crippen LogP contribution in [0.25, 0.3) is 0 Å². The van der Waals surface area contributed by atoms with E-state index in [1.165, 1.54) is 6.07 Å². The van der Waals surface area contributed by atoms with Crippen LogP contribution in [0, 0.1) is 0 Å². The second kappa shape index (κ2) is 6.56. The van der Waals surface area contributed by atoms with Crippen LogP contribution >= 0.6 is 0 Å². The van der Waals surface area contributed by atoms with Gasteiger partial charge in [0.25, 0.3) is 0 Å². The molecule has 1 aliphatic heterocycles. The molecule has 122 valence electrons. The lowest BCUT2D eigenvalue weighted by molar-refractivity contribution is -0.137. The smallest absolute Gasteiger partial charge is 0.367 e. The molecule has 1 N–H and O–H groups in total. The van der Waals surface area contributed by atoms with Gasteiger partial charge in [-0.15, -0.1) is 0 Å². The maximum Gasteiger partial charge on any atom is 0.416 e. The summed E-state index contributed by atoms with van der Waals surface area (Å²) >= 11 is 0. The van der Waals surface area contributed by atoms with E-state index in [0.717, 1.165) is 38.3 Å². The Morgan fingerprint density at radius 1 is 1.23 bits per heavy atom.